The van der Waals surface area contributed by atoms with Gasteiger partial charge in [0.25, 0.3) is 5.91 Å². The molecule has 3 rings (SSSR count). The largest absolute Gasteiger partial charge is 0.365 e. The van der Waals surface area contributed by atoms with Crippen LogP contribution in [0.1, 0.15) is 27.2 Å². The second kappa shape index (κ2) is 7.57. The molecule has 0 aliphatic rings. The molecule has 5 nitrogen and oxygen atoms in total. The van der Waals surface area contributed by atoms with E-state index in [2.05, 4.69) is 46.0 Å². The molecule has 3 aromatic rings. The molecular formula is C20H20N4O. The first-order valence-corrected chi connectivity index (χ1v) is 8.11. The van der Waals surface area contributed by atoms with Crippen molar-refractivity contribution in [1.29, 1.82) is 0 Å². The maximum absolute atomic E-state index is 12.2. The van der Waals surface area contributed by atoms with Gasteiger partial charge in [0, 0.05) is 12.2 Å². The molecule has 2 aromatic carbocycles. The van der Waals surface area contributed by atoms with Crippen molar-refractivity contribution in [2.45, 2.75) is 20.4 Å². The zero-order valence-electron chi connectivity index (χ0n) is 14.3. The van der Waals surface area contributed by atoms with E-state index in [0.29, 0.717) is 12.4 Å². The maximum atomic E-state index is 12.2. The lowest BCUT2D eigenvalue weighted by Gasteiger charge is -2.07. The van der Waals surface area contributed by atoms with Crippen molar-refractivity contribution in [2.24, 2.45) is 0 Å². The Hall–Kier alpha value is -3.21. The Bertz CT molecular complexity index is 858. The van der Waals surface area contributed by atoms with E-state index in [9.17, 15) is 4.79 Å². The fourth-order valence-electron chi connectivity index (χ4n) is 2.39. The number of rotatable bonds is 5. The summed E-state index contributed by atoms with van der Waals surface area (Å²) in [5.74, 6) is 0.356. The fraction of sp³-hybridized carbons (Fsp3) is 0.150. The lowest BCUT2D eigenvalue weighted by atomic mass is 10.1. The Labute approximate surface area is 147 Å². The van der Waals surface area contributed by atoms with Crippen LogP contribution in [0.15, 0.2) is 60.7 Å². The number of hydrogen-bond donors (Lipinski definition) is 2. The van der Waals surface area contributed by atoms with Crippen LogP contribution in [0.3, 0.4) is 0 Å². The van der Waals surface area contributed by atoms with Crippen LogP contribution >= 0.6 is 0 Å². The van der Waals surface area contributed by atoms with Crippen LogP contribution in [0.2, 0.25) is 0 Å². The number of amides is 1. The van der Waals surface area contributed by atoms with Crippen molar-refractivity contribution in [3.05, 3.63) is 83.0 Å². The molecule has 1 heterocycles. The highest BCUT2D eigenvalue weighted by Gasteiger charge is 2.08. The van der Waals surface area contributed by atoms with Gasteiger partial charge in [-0.2, -0.15) is 0 Å². The zero-order valence-corrected chi connectivity index (χ0v) is 14.3. The molecule has 0 bridgehead atoms. The summed E-state index contributed by atoms with van der Waals surface area (Å²) in [7, 11) is 0. The van der Waals surface area contributed by atoms with Crippen LogP contribution in [-0.4, -0.2) is 16.1 Å². The number of benzene rings is 2. The van der Waals surface area contributed by atoms with Gasteiger partial charge in [-0.05, 0) is 43.7 Å². The molecule has 126 valence electrons. The first-order valence-electron chi connectivity index (χ1n) is 8.11. The lowest BCUT2D eigenvalue weighted by molar-refractivity contribution is 0.102. The predicted molar refractivity (Wildman–Crippen MR) is 99.7 cm³/mol. The minimum atomic E-state index is -0.276. The van der Waals surface area contributed by atoms with Gasteiger partial charge in [0.1, 0.15) is 5.82 Å². The van der Waals surface area contributed by atoms with E-state index in [1.165, 1.54) is 11.1 Å². The second-order valence-electron chi connectivity index (χ2n) is 5.97. The molecule has 0 unspecified atom stereocenters. The highest BCUT2D eigenvalue weighted by atomic mass is 16.1. The molecule has 2 N–H and O–H groups in total. The molecule has 0 fully saturated rings. The third-order valence-electron chi connectivity index (χ3n) is 3.76. The van der Waals surface area contributed by atoms with Gasteiger partial charge in [0.05, 0.1) is 0 Å². The summed E-state index contributed by atoms with van der Waals surface area (Å²) < 4.78 is 0. The summed E-state index contributed by atoms with van der Waals surface area (Å²) in [6, 6.07) is 19.3. The minimum absolute atomic E-state index is 0.276. The highest BCUT2D eigenvalue weighted by molar-refractivity contribution is 6.02. The van der Waals surface area contributed by atoms with E-state index in [0.717, 1.165) is 11.3 Å². The number of hydrogen-bond acceptors (Lipinski definition) is 4. The molecule has 1 amide bonds. The normalized spacial score (nSPS) is 10.3. The second-order valence-corrected chi connectivity index (χ2v) is 5.97. The van der Waals surface area contributed by atoms with Gasteiger partial charge < -0.3 is 10.6 Å². The first kappa shape index (κ1) is 16.6. The molecule has 0 spiro atoms. The third kappa shape index (κ3) is 4.64. The SMILES string of the molecule is Cc1ccc(NC(=O)c2ccc(NCc3cccc(C)c3)nn2)cc1. The highest BCUT2D eigenvalue weighted by Crippen LogP contribution is 2.11. The van der Waals surface area contributed by atoms with Gasteiger partial charge in [0.2, 0.25) is 0 Å². The molecular weight excluding hydrogens is 312 g/mol. The zero-order chi connectivity index (χ0) is 17.6. The summed E-state index contributed by atoms with van der Waals surface area (Å²) in [6.07, 6.45) is 0. The molecule has 0 saturated heterocycles. The summed E-state index contributed by atoms with van der Waals surface area (Å²) in [6.45, 7) is 4.72. The molecule has 25 heavy (non-hydrogen) atoms. The monoisotopic (exact) mass is 332 g/mol. The quantitative estimate of drug-likeness (QED) is 0.742. The Morgan fingerprint density at radius 1 is 0.920 bits per heavy atom. The average molecular weight is 332 g/mol. The smallest absolute Gasteiger partial charge is 0.276 e. The number of aryl methyl sites for hydroxylation is 2. The van der Waals surface area contributed by atoms with Gasteiger partial charge in [-0.15, -0.1) is 10.2 Å². The summed E-state index contributed by atoms with van der Waals surface area (Å²) >= 11 is 0. The van der Waals surface area contributed by atoms with E-state index in [4.69, 9.17) is 0 Å². The van der Waals surface area contributed by atoms with Crippen molar-refractivity contribution in [2.75, 3.05) is 10.6 Å². The number of nitrogens with one attached hydrogen (secondary N) is 2. The van der Waals surface area contributed by atoms with Gasteiger partial charge in [-0.1, -0.05) is 47.5 Å². The van der Waals surface area contributed by atoms with E-state index in [1.54, 1.807) is 12.1 Å². The summed E-state index contributed by atoms with van der Waals surface area (Å²) in [5, 5.41) is 14.1. The van der Waals surface area contributed by atoms with Crippen molar-refractivity contribution >= 4 is 17.4 Å². The Morgan fingerprint density at radius 3 is 2.40 bits per heavy atom. The summed E-state index contributed by atoms with van der Waals surface area (Å²) in [4.78, 5) is 12.2. The van der Waals surface area contributed by atoms with Gasteiger partial charge in [0.15, 0.2) is 5.69 Å². The number of nitrogens with zero attached hydrogens (tertiary/aromatic N) is 2. The number of aromatic nitrogens is 2. The Balaban J connectivity index is 1.59. The topological polar surface area (TPSA) is 66.9 Å². The molecule has 0 atom stereocenters. The fourth-order valence-corrected chi connectivity index (χ4v) is 2.39. The van der Waals surface area contributed by atoms with Crippen LogP contribution in [0.25, 0.3) is 0 Å². The van der Waals surface area contributed by atoms with Gasteiger partial charge >= 0.3 is 0 Å². The van der Waals surface area contributed by atoms with Gasteiger partial charge in [-0.25, -0.2) is 0 Å². The van der Waals surface area contributed by atoms with Crippen LogP contribution in [0, 0.1) is 13.8 Å². The van der Waals surface area contributed by atoms with E-state index in [1.807, 2.05) is 37.3 Å². The average Bonchev–Trinajstić information content (AvgIpc) is 2.62. The molecule has 0 aliphatic carbocycles. The number of anilines is 2. The maximum Gasteiger partial charge on any atom is 0.276 e. The summed E-state index contributed by atoms with van der Waals surface area (Å²) in [5.41, 5.74) is 4.54. The van der Waals surface area contributed by atoms with E-state index in [-0.39, 0.29) is 11.6 Å². The van der Waals surface area contributed by atoms with Crippen molar-refractivity contribution < 1.29 is 4.79 Å². The van der Waals surface area contributed by atoms with Gasteiger partial charge in [-0.3, -0.25) is 4.79 Å². The minimum Gasteiger partial charge on any atom is -0.365 e. The Kier molecular flexibility index (Phi) is 5.04. The van der Waals surface area contributed by atoms with Crippen LogP contribution in [0.5, 0.6) is 0 Å². The number of carbonyl (C=O) groups is 1. The standard InChI is InChI=1S/C20H20N4O/c1-14-6-8-17(9-7-14)22-20(25)18-10-11-19(24-23-18)21-13-16-5-3-4-15(2)12-16/h3-12H,13H2,1-2H3,(H,21,24)(H,22,25). The van der Waals surface area contributed by atoms with Crippen LogP contribution < -0.4 is 10.6 Å². The van der Waals surface area contributed by atoms with Crippen molar-refractivity contribution in [3.8, 4) is 0 Å². The molecule has 0 saturated carbocycles. The van der Waals surface area contributed by atoms with Crippen LogP contribution in [0.4, 0.5) is 11.5 Å². The molecule has 5 heteroatoms. The molecule has 0 radical (unpaired) electrons. The number of carbonyl (C=O) groups excluding carboxylic acids is 1. The predicted octanol–water partition coefficient (Wildman–Crippen LogP) is 3.96. The van der Waals surface area contributed by atoms with Crippen molar-refractivity contribution in [1.82, 2.24) is 10.2 Å². The Morgan fingerprint density at radius 2 is 1.72 bits per heavy atom. The first-order chi connectivity index (χ1) is 12.1. The van der Waals surface area contributed by atoms with Crippen LogP contribution in [-0.2, 0) is 6.54 Å². The van der Waals surface area contributed by atoms with E-state index >= 15 is 0 Å². The van der Waals surface area contributed by atoms with E-state index < -0.39 is 0 Å². The van der Waals surface area contributed by atoms with Crippen molar-refractivity contribution in [3.63, 3.8) is 0 Å². The molecule has 1 aromatic heterocycles. The molecule has 0 aliphatic heterocycles. The third-order valence-corrected chi connectivity index (χ3v) is 3.76. The lowest BCUT2D eigenvalue weighted by Crippen LogP contribution is -2.14.